The monoisotopic (exact) mass is 372 g/mol. The molecule has 1 aromatic carbocycles. The van der Waals surface area contributed by atoms with E-state index in [4.69, 9.17) is 0 Å². The third-order valence-corrected chi connectivity index (χ3v) is 5.31. The second-order valence-corrected chi connectivity index (χ2v) is 7.24. The minimum Gasteiger partial charge on any atom is -0.480 e. The Balaban J connectivity index is 2.19. The van der Waals surface area contributed by atoms with Crippen molar-refractivity contribution in [3.63, 3.8) is 0 Å². The van der Waals surface area contributed by atoms with Crippen molar-refractivity contribution >= 4 is 45.4 Å². The van der Waals surface area contributed by atoms with Crippen LogP contribution in [0.4, 0.5) is 10.5 Å². The van der Waals surface area contributed by atoms with Gasteiger partial charge in [-0.25, -0.2) is 9.59 Å². The predicted octanol–water partition coefficient (Wildman–Crippen LogP) is 3.47. The van der Waals surface area contributed by atoms with Gasteiger partial charge in [0.1, 0.15) is 6.04 Å². The second kappa shape index (κ2) is 6.70. The molecule has 0 aromatic heterocycles. The molecule has 0 radical (unpaired) electrons. The summed E-state index contributed by atoms with van der Waals surface area (Å²) in [6, 6.07) is 6.07. The molecule has 2 rings (SSSR count). The number of urea groups is 1. The molecule has 1 heterocycles. The molecule has 7 heteroatoms. The fourth-order valence-electron chi connectivity index (χ4n) is 2.24. The first-order chi connectivity index (χ1) is 9.90. The van der Waals surface area contributed by atoms with Crippen molar-refractivity contribution in [3.8, 4) is 0 Å². The van der Waals surface area contributed by atoms with Crippen LogP contribution in [0, 0.1) is 5.92 Å². The number of rotatable bonds is 3. The van der Waals surface area contributed by atoms with Crippen LogP contribution in [0.2, 0.25) is 0 Å². The number of benzene rings is 1. The highest BCUT2D eigenvalue weighted by Gasteiger charge is 2.42. The Hall–Kier alpha value is -1.21. The number of halogens is 1. The molecule has 1 fully saturated rings. The highest BCUT2D eigenvalue weighted by atomic mass is 79.9. The van der Waals surface area contributed by atoms with Crippen LogP contribution in [-0.2, 0) is 4.79 Å². The fraction of sp³-hybridized carbons (Fsp3) is 0.429. The molecule has 5 nitrogen and oxygen atoms in total. The minimum absolute atomic E-state index is 0.127. The Morgan fingerprint density at radius 2 is 2.19 bits per heavy atom. The molecule has 21 heavy (non-hydrogen) atoms. The van der Waals surface area contributed by atoms with Crippen LogP contribution in [0.3, 0.4) is 0 Å². The maximum Gasteiger partial charge on any atom is 0.327 e. The maximum absolute atomic E-state index is 12.5. The summed E-state index contributed by atoms with van der Waals surface area (Å²) in [5, 5.41) is 11.9. The van der Waals surface area contributed by atoms with Crippen LogP contribution < -0.4 is 5.32 Å². The van der Waals surface area contributed by atoms with E-state index in [9.17, 15) is 14.7 Å². The zero-order valence-corrected chi connectivity index (χ0v) is 14.1. The van der Waals surface area contributed by atoms with Crippen LogP contribution in [0.15, 0.2) is 28.7 Å². The number of carbonyl (C=O) groups excluding carboxylic acids is 1. The summed E-state index contributed by atoms with van der Waals surface area (Å²) < 4.78 is 0.853. The molecule has 1 aliphatic heterocycles. The average molecular weight is 373 g/mol. The first kappa shape index (κ1) is 16.2. The molecular formula is C14H17BrN2O3S. The van der Waals surface area contributed by atoms with Crippen molar-refractivity contribution in [3.05, 3.63) is 28.7 Å². The third-order valence-electron chi connectivity index (χ3n) is 3.20. The van der Waals surface area contributed by atoms with Gasteiger partial charge in [-0.2, -0.15) is 0 Å². The largest absolute Gasteiger partial charge is 0.480 e. The van der Waals surface area contributed by atoms with E-state index >= 15 is 0 Å². The molecule has 0 bridgehead atoms. The number of hydrogen-bond acceptors (Lipinski definition) is 3. The average Bonchev–Trinajstić information content (AvgIpc) is 2.83. The van der Waals surface area contributed by atoms with Crippen LogP contribution in [-0.4, -0.2) is 39.2 Å². The standard InChI is InChI=1S/C14H17BrN2O3S/c1-8(2)12-17(11(7-21-12)13(18)19)14(20)16-10-5-3-4-9(15)6-10/h3-6,8,11-12H,7H2,1-2H3,(H,16,20)(H,18,19). The van der Waals surface area contributed by atoms with Gasteiger partial charge in [-0.05, 0) is 24.1 Å². The summed E-state index contributed by atoms with van der Waals surface area (Å²) in [7, 11) is 0. The molecule has 2 unspecified atom stereocenters. The van der Waals surface area contributed by atoms with Gasteiger partial charge in [0.05, 0.1) is 5.37 Å². The Morgan fingerprint density at radius 3 is 2.76 bits per heavy atom. The highest BCUT2D eigenvalue weighted by Crippen LogP contribution is 2.34. The van der Waals surface area contributed by atoms with Gasteiger partial charge in [-0.3, -0.25) is 4.90 Å². The van der Waals surface area contributed by atoms with Gasteiger partial charge in [0.15, 0.2) is 0 Å². The van der Waals surface area contributed by atoms with Crippen LogP contribution in [0.5, 0.6) is 0 Å². The number of aliphatic carboxylic acids is 1. The van der Waals surface area contributed by atoms with Crippen molar-refractivity contribution in [2.45, 2.75) is 25.3 Å². The molecule has 2 amide bonds. The number of carboxylic acids is 1. The van der Waals surface area contributed by atoms with Crippen LogP contribution in [0.25, 0.3) is 0 Å². The first-order valence-electron chi connectivity index (χ1n) is 6.59. The highest BCUT2D eigenvalue weighted by molar-refractivity contribution is 9.10. The Labute approximate surface area is 136 Å². The van der Waals surface area contributed by atoms with Gasteiger partial charge in [0, 0.05) is 15.9 Å². The zero-order chi connectivity index (χ0) is 15.6. The lowest BCUT2D eigenvalue weighted by Crippen LogP contribution is -2.49. The molecule has 2 atom stereocenters. The third kappa shape index (κ3) is 3.71. The summed E-state index contributed by atoms with van der Waals surface area (Å²) in [6.45, 7) is 3.97. The van der Waals surface area contributed by atoms with Crippen LogP contribution in [0.1, 0.15) is 13.8 Å². The molecular weight excluding hydrogens is 356 g/mol. The number of carboxylic acid groups (broad SMARTS) is 1. The van der Waals surface area contributed by atoms with E-state index in [0.717, 1.165) is 4.47 Å². The molecule has 0 spiro atoms. The van der Waals surface area contributed by atoms with E-state index in [1.165, 1.54) is 16.7 Å². The van der Waals surface area contributed by atoms with Crippen molar-refractivity contribution in [1.29, 1.82) is 0 Å². The Morgan fingerprint density at radius 1 is 1.48 bits per heavy atom. The van der Waals surface area contributed by atoms with Crippen molar-refractivity contribution < 1.29 is 14.7 Å². The smallest absolute Gasteiger partial charge is 0.327 e. The van der Waals surface area contributed by atoms with E-state index in [-0.39, 0.29) is 17.3 Å². The predicted molar refractivity (Wildman–Crippen MR) is 87.5 cm³/mol. The molecule has 1 saturated heterocycles. The number of hydrogen-bond donors (Lipinski definition) is 2. The summed E-state index contributed by atoms with van der Waals surface area (Å²) in [6.07, 6.45) is 0. The lowest BCUT2D eigenvalue weighted by atomic mass is 10.1. The first-order valence-corrected chi connectivity index (χ1v) is 8.43. The molecule has 0 saturated carbocycles. The molecule has 2 N–H and O–H groups in total. The summed E-state index contributed by atoms with van der Waals surface area (Å²) in [4.78, 5) is 25.3. The van der Waals surface area contributed by atoms with E-state index in [0.29, 0.717) is 11.4 Å². The number of nitrogens with one attached hydrogen (secondary N) is 1. The lowest BCUT2D eigenvalue weighted by Gasteiger charge is -2.29. The zero-order valence-electron chi connectivity index (χ0n) is 11.7. The molecule has 1 aromatic rings. The van der Waals surface area contributed by atoms with Gasteiger partial charge in [0.25, 0.3) is 0 Å². The van der Waals surface area contributed by atoms with E-state index < -0.39 is 12.0 Å². The second-order valence-electron chi connectivity index (χ2n) is 5.17. The molecule has 0 aliphatic carbocycles. The number of nitrogens with zero attached hydrogens (tertiary/aromatic N) is 1. The van der Waals surface area contributed by atoms with Crippen molar-refractivity contribution in [2.24, 2.45) is 5.92 Å². The number of anilines is 1. The van der Waals surface area contributed by atoms with E-state index in [2.05, 4.69) is 21.2 Å². The van der Waals surface area contributed by atoms with Gasteiger partial charge < -0.3 is 10.4 Å². The lowest BCUT2D eigenvalue weighted by molar-refractivity contribution is -0.141. The summed E-state index contributed by atoms with van der Waals surface area (Å²) in [5.41, 5.74) is 0.637. The maximum atomic E-state index is 12.5. The normalized spacial score (nSPS) is 21.6. The van der Waals surface area contributed by atoms with Crippen molar-refractivity contribution in [2.75, 3.05) is 11.1 Å². The van der Waals surface area contributed by atoms with Gasteiger partial charge in [0.2, 0.25) is 0 Å². The number of amides is 2. The number of carbonyl (C=O) groups is 2. The Kier molecular flexibility index (Phi) is 5.16. The topological polar surface area (TPSA) is 69.6 Å². The summed E-state index contributed by atoms with van der Waals surface area (Å²) in [5.74, 6) is -0.355. The fourth-order valence-corrected chi connectivity index (χ4v) is 4.11. The minimum atomic E-state index is -0.963. The van der Waals surface area contributed by atoms with Crippen LogP contribution >= 0.6 is 27.7 Å². The van der Waals surface area contributed by atoms with Gasteiger partial charge in [-0.15, -0.1) is 11.8 Å². The Bertz CT molecular complexity index is 553. The van der Waals surface area contributed by atoms with E-state index in [1.807, 2.05) is 26.0 Å². The molecule has 1 aliphatic rings. The summed E-state index contributed by atoms with van der Waals surface area (Å²) >= 11 is 4.85. The van der Waals surface area contributed by atoms with Gasteiger partial charge >= 0.3 is 12.0 Å². The van der Waals surface area contributed by atoms with Gasteiger partial charge in [-0.1, -0.05) is 35.8 Å². The number of thioether (sulfide) groups is 1. The van der Waals surface area contributed by atoms with E-state index in [1.54, 1.807) is 12.1 Å². The molecule has 114 valence electrons. The quantitative estimate of drug-likeness (QED) is 0.851. The SMILES string of the molecule is CC(C)C1SCC(C(=O)O)N1C(=O)Nc1cccc(Br)c1. The van der Waals surface area contributed by atoms with Crippen molar-refractivity contribution in [1.82, 2.24) is 4.90 Å².